The third-order valence-corrected chi connectivity index (χ3v) is 9.62. The van der Waals surface area contributed by atoms with Gasteiger partial charge in [0.25, 0.3) is 5.91 Å². The number of piperazine rings is 1. The fraction of sp³-hybridized carbons (Fsp3) is 0.593. The van der Waals surface area contributed by atoms with Crippen LogP contribution < -0.4 is 4.74 Å². The molecule has 0 spiro atoms. The number of ether oxygens (including phenoxy) is 1. The molecule has 1 unspecified atom stereocenters. The lowest BCUT2D eigenvalue weighted by molar-refractivity contribution is 0.0588. The first-order chi connectivity index (χ1) is 17.6. The van der Waals surface area contributed by atoms with Gasteiger partial charge in [0.1, 0.15) is 17.8 Å². The van der Waals surface area contributed by atoms with Crippen LogP contribution in [0.1, 0.15) is 40.1 Å². The Morgan fingerprint density at radius 1 is 1.11 bits per heavy atom. The molecule has 0 saturated carbocycles. The summed E-state index contributed by atoms with van der Waals surface area (Å²) in [5, 5.41) is 0. The van der Waals surface area contributed by atoms with Crippen molar-refractivity contribution in [2.75, 3.05) is 67.0 Å². The summed E-state index contributed by atoms with van der Waals surface area (Å²) in [6.07, 6.45) is 3.98. The summed E-state index contributed by atoms with van der Waals surface area (Å²) in [6, 6.07) is 5.09. The van der Waals surface area contributed by atoms with Crippen LogP contribution >= 0.6 is 0 Å². The summed E-state index contributed by atoms with van der Waals surface area (Å²) < 4.78 is 38.8. The van der Waals surface area contributed by atoms with E-state index < -0.39 is 10.0 Å². The highest BCUT2D eigenvalue weighted by Gasteiger charge is 2.29. The van der Waals surface area contributed by atoms with Crippen molar-refractivity contribution in [3.8, 4) is 5.75 Å². The summed E-state index contributed by atoms with van der Waals surface area (Å²) in [5.41, 5.74) is 1.70. The summed E-state index contributed by atoms with van der Waals surface area (Å²) >= 11 is 0. The molecule has 1 aromatic heterocycles. The molecule has 0 radical (unpaired) electrons. The van der Waals surface area contributed by atoms with E-state index in [0.717, 1.165) is 26.2 Å². The minimum absolute atomic E-state index is 0.0319. The summed E-state index contributed by atoms with van der Waals surface area (Å²) in [4.78, 5) is 20.1. The number of benzene rings is 1. The Morgan fingerprint density at radius 2 is 1.78 bits per heavy atom. The van der Waals surface area contributed by atoms with Gasteiger partial charge in [-0.1, -0.05) is 0 Å². The molecule has 10 heteroatoms. The van der Waals surface area contributed by atoms with Gasteiger partial charge in [0, 0.05) is 46.3 Å². The Bertz CT molecular complexity index is 1180. The molecule has 1 amide bonds. The molecule has 1 aromatic carbocycles. The van der Waals surface area contributed by atoms with Crippen LogP contribution in [0.2, 0.25) is 0 Å². The standard InChI is InChI=1S/C27H40N4O5S/c1-20-13-24(35-5)14-21(2)26(20)37(33,34)29(4)18-25-15-23(19-36-25)27(32)31-11-9-30(10-12-31)17-22-7-6-8-28(3)16-22/h13-15,19,22H,6-12,16-18H2,1-5H3. The molecule has 9 nitrogen and oxygen atoms in total. The van der Waals surface area contributed by atoms with Crippen molar-refractivity contribution in [3.05, 3.63) is 46.9 Å². The van der Waals surface area contributed by atoms with Crippen molar-refractivity contribution >= 4 is 15.9 Å². The molecule has 2 fully saturated rings. The third kappa shape index (κ3) is 6.37. The Kier molecular flexibility index (Phi) is 8.63. The quantitative estimate of drug-likeness (QED) is 0.517. The number of hydrogen-bond acceptors (Lipinski definition) is 7. The number of furan rings is 1. The Balaban J connectivity index is 1.34. The van der Waals surface area contributed by atoms with Crippen LogP contribution in [0.25, 0.3) is 0 Å². The van der Waals surface area contributed by atoms with Crippen LogP contribution in [-0.2, 0) is 16.6 Å². The zero-order valence-corrected chi connectivity index (χ0v) is 23.5. The van der Waals surface area contributed by atoms with Crippen molar-refractivity contribution in [2.24, 2.45) is 5.92 Å². The first kappa shape index (κ1) is 27.6. The van der Waals surface area contributed by atoms with E-state index in [1.165, 1.54) is 37.0 Å². The number of rotatable bonds is 8. The molecule has 3 heterocycles. The van der Waals surface area contributed by atoms with Crippen LogP contribution in [0.15, 0.2) is 33.8 Å². The maximum absolute atomic E-state index is 13.3. The van der Waals surface area contributed by atoms with Gasteiger partial charge in [0.05, 0.1) is 24.1 Å². The first-order valence-electron chi connectivity index (χ1n) is 13.0. The van der Waals surface area contributed by atoms with Gasteiger partial charge in [-0.3, -0.25) is 9.69 Å². The molecule has 2 saturated heterocycles. The number of sulfonamides is 1. The smallest absolute Gasteiger partial charge is 0.257 e. The lowest BCUT2D eigenvalue weighted by Crippen LogP contribution is -2.50. The maximum atomic E-state index is 13.3. The van der Waals surface area contributed by atoms with Crippen LogP contribution in [0.3, 0.4) is 0 Å². The SMILES string of the molecule is COc1cc(C)c(S(=O)(=O)N(C)Cc2cc(C(=O)N3CCN(CC4CCCN(C)C4)CC3)co2)c(C)c1. The lowest BCUT2D eigenvalue weighted by atomic mass is 9.97. The first-order valence-corrected chi connectivity index (χ1v) is 14.4. The van der Waals surface area contributed by atoms with Gasteiger partial charge in [-0.05, 0) is 75.5 Å². The molecular weight excluding hydrogens is 492 g/mol. The largest absolute Gasteiger partial charge is 0.497 e. The zero-order chi connectivity index (χ0) is 26.7. The second kappa shape index (κ2) is 11.6. The van der Waals surface area contributed by atoms with E-state index in [4.69, 9.17) is 9.15 Å². The van der Waals surface area contributed by atoms with Crippen LogP contribution in [0.4, 0.5) is 0 Å². The maximum Gasteiger partial charge on any atom is 0.257 e. The average Bonchev–Trinajstić information content (AvgIpc) is 3.32. The number of methoxy groups -OCH3 is 1. The molecule has 1 atom stereocenters. The number of nitrogens with zero attached hydrogens (tertiary/aromatic N) is 4. The topological polar surface area (TPSA) is 86.5 Å². The van der Waals surface area contributed by atoms with Crippen molar-refractivity contribution in [1.29, 1.82) is 0 Å². The molecular formula is C27H40N4O5S. The van der Waals surface area contributed by atoms with E-state index in [0.29, 0.717) is 47.2 Å². The van der Waals surface area contributed by atoms with Gasteiger partial charge < -0.3 is 19.0 Å². The van der Waals surface area contributed by atoms with E-state index in [1.54, 1.807) is 39.2 Å². The second-order valence-corrected chi connectivity index (χ2v) is 12.5. The fourth-order valence-electron chi connectivity index (χ4n) is 5.57. The van der Waals surface area contributed by atoms with Crippen molar-refractivity contribution in [1.82, 2.24) is 19.0 Å². The van der Waals surface area contributed by atoms with E-state index in [2.05, 4.69) is 16.8 Å². The third-order valence-electron chi connectivity index (χ3n) is 7.52. The highest BCUT2D eigenvalue weighted by molar-refractivity contribution is 7.89. The molecule has 0 N–H and O–H groups in total. The number of carbonyl (C=O) groups excluding carboxylic acids is 1. The average molecular weight is 533 g/mol. The number of likely N-dealkylation sites (tertiary alicyclic amines) is 1. The molecule has 204 valence electrons. The minimum atomic E-state index is -3.76. The predicted molar refractivity (Wildman–Crippen MR) is 142 cm³/mol. The molecule has 2 aromatic rings. The molecule has 0 bridgehead atoms. The van der Waals surface area contributed by atoms with E-state index in [1.807, 2.05) is 4.90 Å². The van der Waals surface area contributed by atoms with E-state index >= 15 is 0 Å². The van der Waals surface area contributed by atoms with E-state index in [9.17, 15) is 13.2 Å². The number of hydrogen-bond donors (Lipinski definition) is 0. The highest BCUT2D eigenvalue weighted by Crippen LogP contribution is 2.29. The molecule has 2 aliphatic rings. The van der Waals surface area contributed by atoms with E-state index in [-0.39, 0.29) is 17.3 Å². The summed E-state index contributed by atoms with van der Waals surface area (Å²) in [7, 11) is 1.50. The fourth-order valence-corrected chi connectivity index (χ4v) is 7.12. The Labute approximate surface area is 221 Å². The Morgan fingerprint density at radius 3 is 2.41 bits per heavy atom. The monoisotopic (exact) mass is 532 g/mol. The molecule has 0 aliphatic carbocycles. The molecule has 2 aliphatic heterocycles. The van der Waals surface area contributed by atoms with Gasteiger partial charge in [0.2, 0.25) is 10.0 Å². The van der Waals surface area contributed by atoms with Gasteiger partial charge in [0.15, 0.2) is 0 Å². The number of amides is 1. The Hall–Kier alpha value is -2.40. The van der Waals surface area contributed by atoms with Gasteiger partial charge in [-0.2, -0.15) is 4.31 Å². The van der Waals surface area contributed by atoms with Crippen LogP contribution in [0, 0.1) is 19.8 Å². The van der Waals surface area contributed by atoms with Crippen LogP contribution in [0.5, 0.6) is 5.75 Å². The number of carbonyl (C=O) groups is 1. The molecule has 37 heavy (non-hydrogen) atoms. The summed E-state index contributed by atoms with van der Waals surface area (Å²) in [6.45, 7) is 10.1. The summed E-state index contributed by atoms with van der Waals surface area (Å²) in [5.74, 6) is 1.68. The number of piperidine rings is 1. The van der Waals surface area contributed by atoms with Crippen molar-refractivity contribution in [2.45, 2.75) is 38.1 Å². The van der Waals surface area contributed by atoms with Gasteiger partial charge >= 0.3 is 0 Å². The minimum Gasteiger partial charge on any atom is -0.497 e. The van der Waals surface area contributed by atoms with Crippen molar-refractivity contribution < 1.29 is 22.4 Å². The lowest BCUT2D eigenvalue weighted by Gasteiger charge is -2.38. The van der Waals surface area contributed by atoms with Gasteiger partial charge in [-0.15, -0.1) is 0 Å². The van der Waals surface area contributed by atoms with Crippen molar-refractivity contribution in [3.63, 3.8) is 0 Å². The predicted octanol–water partition coefficient (Wildman–Crippen LogP) is 2.83. The second-order valence-electron chi connectivity index (χ2n) is 10.5. The van der Waals surface area contributed by atoms with Gasteiger partial charge in [-0.25, -0.2) is 8.42 Å². The number of aryl methyl sites for hydroxylation is 2. The zero-order valence-electron chi connectivity index (χ0n) is 22.7. The molecule has 4 rings (SSSR count). The van der Waals surface area contributed by atoms with Crippen LogP contribution in [-0.4, -0.2) is 100 Å². The highest BCUT2D eigenvalue weighted by atomic mass is 32.2. The normalized spacial score (nSPS) is 19.9.